The molecule has 0 spiro atoms. The minimum absolute atomic E-state index is 0.193. The minimum Gasteiger partial charge on any atom is -0.396 e. The van der Waals surface area contributed by atoms with Gasteiger partial charge in [-0.05, 0) is 48.4 Å². The van der Waals surface area contributed by atoms with Crippen molar-refractivity contribution in [1.82, 2.24) is 0 Å². The van der Waals surface area contributed by atoms with Gasteiger partial charge in [-0.2, -0.15) is 4.57 Å². The van der Waals surface area contributed by atoms with Gasteiger partial charge in [0.25, 0.3) is 0 Å². The first-order valence-electron chi connectivity index (χ1n) is 10.6. The number of aliphatic hydroxyl groups excluding tert-OH is 1. The maximum absolute atomic E-state index is 9.43. The predicted molar refractivity (Wildman–Crippen MR) is 130 cm³/mol. The average molecular weight is 426 g/mol. The lowest BCUT2D eigenvalue weighted by molar-refractivity contribution is -0.633. The van der Waals surface area contributed by atoms with Crippen LogP contribution in [-0.2, 0) is 7.05 Å². The Bertz CT molecular complexity index is 1270. The summed E-state index contributed by atoms with van der Waals surface area (Å²) in [6.07, 6.45) is 3.04. The van der Waals surface area contributed by atoms with E-state index in [1.165, 1.54) is 43.3 Å². The fraction of sp³-hybridized carbons (Fsp3) is 0.148. The van der Waals surface area contributed by atoms with E-state index >= 15 is 0 Å². The molecule has 4 aromatic rings. The van der Waals surface area contributed by atoms with Gasteiger partial charge in [-0.15, -0.1) is 0 Å². The fourth-order valence-electron chi connectivity index (χ4n) is 4.22. The third-order valence-corrected chi connectivity index (χ3v) is 6.87. The van der Waals surface area contributed by atoms with Crippen LogP contribution in [0, 0.1) is 0 Å². The molecule has 0 aliphatic carbocycles. The van der Waals surface area contributed by atoms with E-state index in [-0.39, 0.29) is 6.61 Å². The Hall–Kier alpha value is -3.08. The van der Waals surface area contributed by atoms with Crippen molar-refractivity contribution in [2.24, 2.45) is 7.05 Å². The summed E-state index contributed by atoms with van der Waals surface area (Å²) in [5.41, 5.74) is 6.03. The molecule has 3 nitrogen and oxygen atoms in total. The predicted octanol–water partition coefficient (Wildman–Crippen LogP) is 5.62. The van der Waals surface area contributed by atoms with Crippen LogP contribution in [-0.4, -0.2) is 18.3 Å². The van der Waals surface area contributed by atoms with Gasteiger partial charge >= 0.3 is 0 Å². The van der Waals surface area contributed by atoms with Crippen LogP contribution >= 0.6 is 11.8 Å². The third-order valence-electron chi connectivity index (χ3n) is 5.75. The maximum Gasteiger partial charge on any atom is 0.213 e. The van der Waals surface area contributed by atoms with Crippen molar-refractivity contribution in [3.05, 3.63) is 95.5 Å². The lowest BCUT2D eigenvalue weighted by Gasteiger charge is -2.20. The largest absolute Gasteiger partial charge is 0.396 e. The molecule has 0 fully saturated rings. The molecule has 0 radical (unpaired) electrons. The Morgan fingerprint density at radius 3 is 2.52 bits per heavy atom. The quantitative estimate of drug-likeness (QED) is 0.420. The number of hydrogen-bond acceptors (Lipinski definition) is 3. The van der Waals surface area contributed by atoms with Gasteiger partial charge in [0.2, 0.25) is 11.2 Å². The molecule has 1 aromatic heterocycles. The normalized spacial score (nSPS) is 14.4. The van der Waals surface area contributed by atoms with E-state index in [0.717, 1.165) is 13.0 Å². The van der Waals surface area contributed by atoms with Crippen LogP contribution < -0.4 is 9.47 Å². The molecule has 154 valence electrons. The molecule has 0 atom stereocenters. The zero-order valence-electron chi connectivity index (χ0n) is 17.5. The van der Waals surface area contributed by atoms with E-state index in [2.05, 4.69) is 108 Å². The van der Waals surface area contributed by atoms with Crippen LogP contribution in [0.15, 0.2) is 94.9 Å². The van der Waals surface area contributed by atoms with Crippen LogP contribution in [0.4, 0.5) is 5.69 Å². The first kappa shape index (κ1) is 19.9. The standard InChI is InChI=1S/C27H25N2OS/c1-28-23-13-6-5-12-22(23)21(18-25(28)20-10-3-2-4-11-20)19-27-29(16-9-17-30)24-14-7-8-15-26(24)31-27/h2-8,10-15,18-19,30H,9,16-17H2,1H3/q+1. The van der Waals surface area contributed by atoms with Crippen molar-refractivity contribution in [3.63, 3.8) is 0 Å². The highest BCUT2D eigenvalue weighted by Gasteiger charge is 2.25. The van der Waals surface area contributed by atoms with Gasteiger partial charge < -0.3 is 10.0 Å². The molecule has 1 aliphatic heterocycles. The summed E-state index contributed by atoms with van der Waals surface area (Å²) in [6.45, 7) is 0.995. The van der Waals surface area contributed by atoms with Crippen LogP contribution in [0.3, 0.4) is 0 Å². The molecule has 4 heteroatoms. The number of anilines is 1. The Kier molecular flexibility index (Phi) is 5.49. The summed E-state index contributed by atoms with van der Waals surface area (Å²) < 4.78 is 2.27. The molecule has 0 bridgehead atoms. The highest BCUT2D eigenvalue weighted by Crippen LogP contribution is 2.46. The highest BCUT2D eigenvalue weighted by molar-refractivity contribution is 8.03. The maximum atomic E-state index is 9.43. The van der Waals surface area contributed by atoms with E-state index in [9.17, 15) is 5.11 Å². The van der Waals surface area contributed by atoms with Crippen molar-refractivity contribution < 1.29 is 9.67 Å². The topological polar surface area (TPSA) is 27.4 Å². The van der Waals surface area contributed by atoms with Gasteiger partial charge in [-0.25, -0.2) is 0 Å². The molecule has 0 saturated carbocycles. The SMILES string of the molecule is C[n+]1c(-c2ccccc2)cc(/C=C2\Sc3ccccc3N2CCCO)c2ccccc21. The summed E-state index contributed by atoms with van der Waals surface area (Å²) in [5.74, 6) is 0. The van der Waals surface area contributed by atoms with E-state index in [4.69, 9.17) is 0 Å². The first-order valence-corrected chi connectivity index (χ1v) is 11.4. The molecule has 0 amide bonds. The minimum atomic E-state index is 0.193. The number of aryl methyl sites for hydroxylation is 1. The zero-order chi connectivity index (χ0) is 21.2. The van der Waals surface area contributed by atoms with Crippen molar-refractivity contribution in [3.8, 4) is 11.3 Å². The first-order chi connectivity index (χ1) is 15.3. The van der Waals surface area contributed by atoms with Crippen molar-refractivity contribution >= 4 is 34.4 Å². The van der Waals surface area contributed by atoms with Crippen LogP contribution in [0.2, 0.25) is 0 Å². The summed E-state index contributed by atoms with van der Waals surface area (Å²) >= 11 is 1.80. The third kappa shape index (κ3) is 3.73. The molecule has 0 unspecified atom stereocenters. The number of aromatic nitrogens is 1. The highest BCUT2D eigenvalue weighted by atomic mass is 32.2. The number of para-hydroxylation sites is 2. The number of aliphatic hydroxyl groups is 1. The number of fused-ring (bicyclic) bond motifs is 2. The molecule has 2 heterocycles. The second-order valence-corrected chi connectivity index (χ2v) is 8.77. The second kappa shape index (κ2) is 8.58. The van der Waals surface area contributed by atoms with Crippen LogP contribution in [0.1, 0.15) is 12.0 Å². The molecule has 0 saturated heterocycles. The van der Waals surface area contributed by atoms with Crippen molar-refractivity contribution in [2.45, 2.75) is 11.3 Å². The Balaban J connectivity index is 1.68. The number of thioether (sulfide) groups is 1. The Labute approximate surface area is 187 Å². The van der Waals surface area contributed by atoms with E-state index in [1.807, 2.05) is 0 Å². The van der Waals surface area contributed by atoms with Crippen molar-refractivity contribution in [2.75, 3.05) is 18.1 Å². The van der Waals surface area contributed by atoms with Gasteiger partial charge in [0.1, 0.15) is 7.05 Å². The van der Waals surface area contributed by atoms with Crippen LogP contribution in [0.25, 0.3) is 28.2 Å². The van der Waals surface area contributed by atoms with E-state index < -0.39 is 0 Å². The Morgan fingerprint density at radius 2 is 1.68 bits per heavy atom. The summed E-state index contributed by atoms with van der Waals surface area (Å²) in [7, 11) is 2.13. The number of hydrogen-bond donors (Lipinski definition) is 1. The second-order valence-electron chi connectivity index (χ2n) is 7.71. The van der Waals surface area contributed by atoms with Gasteiger partial charge in [0, 0.05) is 35.7 Å². The van der Waals surface area contributed by atoms with E-state index in [1.54, 1.807) is 11.8 Å². The van der Waals surface area contributed by atoms with Gasteiger partial charge in [-0.3, -0.25) is 0 Å². The lowest BCUT2D eigenvalue weighted by atomic mass is 10.0. The van der Waals surface area contributed by atoms with Gasteiger partial charge in [0.15, 0.2) is 0 Å². The molecular formula is C27H25N2OS+. The summed E-state index contributed by atoms with van der Waals surface area (Å²) in [4.78, 5) is 3.60. The average Bonchev–Trinajstić information content (AvgIpc) is 3.17. The summed E-state index contributed by atoms with van der Waals surface area (Å²) in [6, 6.07) is 29.9. The molecular weight excluding hydrogens is 400 g/mol. The zero-order valence-corrected chi connectivity index (χ0v) is 18.3. The van der Waals surface area contributed by atoms with Gasteiger partial charge in [-0.1, -0.05) is 54.2 Å². The summed E-state index contributed by atoms with van der Waals surface area (Å²) in [5, 5.41) is 11.9. The molecule has 1 N–H and O–H groups in total. The molecule has 1 aliphatic rings. The van der Waals surface area contributed by atoms with Crippen LogP contribution in [0.5, 0.6) is 0 Å². The van der Waals surface area contributed by atoms with E-state index in [0.29, 0.717) is 0 Å². The number of pyridine rings is 1. The fourth-order valence-corrected chi connectivity index (χ4v) is 5.36. The lowest BCUT2D eigenvalue weighted by Crippen LogP contribution is -2.32. The number of benzene rings is 3. The Morgan fingerprint density at radius 1 is 0.935 bits per heavy atom. The molecule has 5 rings (SSSR count). The monoisotopic (exact) mass is 425 g/mol. The van der Waals surface area contributed by atoms with Gasteiger partial charge in [0.05, 0.1) is 16.1 Å². The smallest absolute Gasteiger partial charge is 0.213 e. The molecule has 3 aromatic carbocycles. The number of nitrogens with zero attached hydrogens (tertiary/aromatic N) is 2. The number of rotatable bonds is 5. The molecule has 31 heavy (non-hydrogen) atoms. The van der Waals surface area contributed by atoms with Crippen molar-refractivity contribution in [1.29, 1.82) is 0 Å².